The third-order valence-corrected chi connectivity index (χ3v) is 2.53. The molecule has 0 aliphatic carbocycles. The van der Waals surface area contributed by atoms with Crippen LogP contribution in [0.2, 0.25) is 0 Å². The van der Waals surface area contributed by atoms with Crippen LogP contribution in [-0.2, 0) is 4.74 Å². The molecule has 0 heterocycles. The highest BCUT2D eigenvalue weighted by Gasteiger charge is 2.11. The topological polar surface area (TPSA) is 70.0 Å². The highest BCUT2D eigenvalue weighted by atomic mass is 16.5. The van der Waals surface area contributed by atoms with Crippen LogP contribution in [0.1, 0.15) is 17.3 Å². The molecule has 0 spiro atoms. The predicted octanol–water partition coefficient (Wildman–Crippen LogP) is 1.25. The normalized spacial score (nSPS) is 10.8. The van der Waals surface area contributed by atoms with Crippen molar-refractivity contribution in [1.29, 1.82) is 0 Å². The predicted molar refractivity (Wildman–Crippen MR) is 68.1 cm³/mol. The first-order valence-electron chi connectivity index (χ1n) is 5.86. The Morgan fingerprint density at radius 3 is 2.67 bits per heavy atom. The van der Waals surface area contributed by atoms with Crippen molar-refractivity contribution in [3.63, 3.8) is 0 Å². The smallest absolute Gasteiger partial charge is 0.176 e. The maximum atomic E-state index is 11.9. The Bertz CT molecular complexity index is 406. The second-order valence-corrected chi connectivity index (χ2v) is 4.06. The van der Waals surface area contributed by atoms with Crippen LogP contribution >= 0.6 is 0 Å². The van der Waals surface area contributed by atoms with Crippen LogP contribution in [0.25, 0.3) is 0 Å². The van der Waals surface area contributed by atoms with E-state index in [9.17, 15) is 9.90 Å². The van der Waals surface area contributed by atoms with E-state index in [2.05, 4.69) is 0 Å². The fourth-order valence-corrected chi connectivity index (χ4v) is 1.48. The van der Waals surface area contributed by atoms with E-state index in [-0.39, 0.29) is 23.8 Å². The number of phenols is 2. The summed E-state index contributed by atoms with van der Waals surface area (Å²) in [6, 6.07) is 4.07. The van der Waals surface area contributed by atoms with E-state index < -0.39 is 0 Å². The maximum Gasteiger partial charge on any atom is 0.176 e. The van der Waals surface area contributed by atoms with Crippen molar-refractivity contribution < 1.29 is 19.7 Å². The lowest BCUT2D eigenvalue weighted by Gasteiger charge is -2.15. The van der Waals surface area contributed by atoms with Gasteiger partial charge in [-0.15, -0.1) is 0 Å². The Labute approximate surface area is 107 Å². The molecule has 0 atom stereocenters. The fraction of sp³-hybridized carbons (Fsp3) is 0.462. The number of rotatable bonds is 7. The summed E-state index contributed by atoms with van der Waals surface area (Å²) in [5, 5.41) is 18.5. The highest BCUT2D eigenvalue weighted by Crippen LogP contribution is 2.24. The van der Waals surface area contributed by atoms with E-state index in [1.807, 2.05) is 18.9 Å². The number of benzene rings is 1. The van der Waals surface area contributed by atoms with Crippen LogP contribution in [0.3, 0.4) is 0 Å². The Kier molecular flexibility index (Phi) is 5.61. The molecule has 0 saturated heterocycles. The lowest BCUT2D eigenvalue weighted by atomic mass is 10.1. The summed E-state index contributed by atoms with van der Waals surface area (Å²) in [5.74, 6) is -0.613. The SMILES string of the molecule is CCOCCN(C)CC(=O)c1ccc(O)c(O)c1. The van der Waals surface area contributed by atoms with Gasteiger partial charge in [-0.1, -0.05) is 0 Å². The molecule has 0 bridgehead atoms. The first-order chi connectivity index (χ1) is 8.54. The minimum Gasteiger partial charge on any atom is -0.504 e. The number of carbonyl (C=O) groups is 1. The first-order valence-corrected chi connectivity index (χ1v) is 5.86. The zero-order chi connectivity index (χ0) is 13.5. The van der Waals surface area contributed by atoms with Crippen LogP contribution in [0.4, 0.5) is 0 Å². The van der Waals surface area contributed by atoms with E-state index in [0.29, 0.717) is 25.3 Å². The molecule has 1 rings (SSSR count). The third kappa shape index (κ3) is 4.35. The number of nitrogens with zero attached hydrogens (tertiary/aromatic N) is 1. The van der Waals surface area contributed by atoms with E-state index >= 15 is 0 Å². The molecule has 1 aromatic rings. The molecular weight excluding hydrogens is 234 g/mol. The Balaban J connectivity index is 2.51. The second kappa shape index (κ2) is 6.98. The molecule has 1 aromatic carbocycles. The van der Waals surface area contributed by atoms with Gasteiger partial charge in [0.15, 0.2) is 17.3 Å². The average molecular weight is 253 g/mol. The van der Waals surface area contributed by atoms with Crippen molar-refractivity contribution in [3.05, 3.63) is 23.8 Å². The summed E-state index contributed by atoms with van der Waals surface area (Å²) in [7, 11) is 1.83. The summed E-state index contributed by atoms with van der Waals surface area (Å²) in [5.41, 5.74) is 0.383. The van der Waals surface area contributed by atoms with Crippen molar-refractivity contribution >= 4 is 5.78 Å². The van der Waals surface area contributed by atoms with Gasteiger partial charge < -0.3 is 14.9 Å². The minimum absolute atomic E-state index is 0.107. The number of aromatic hydroxyl groups is 2. The van der Waals surface area contributed by atoms with Crippen LogP contribution < -0.4 is 0 Å². The van der Waals surface area contributed by atoms with Gasteiger partial charge in [0.05, 0.1) is 13.2 Å². The molecule has 18 heavy (non-hydrogen) atoms. The number of ether oxygens (including phenoxy) is 1. The van der Waals surface area contributed by atoms with Crippen molar-refractivity contribution in [2.75, 3.05) is 33.4 Å². The fourth-order valence-electron chi connectivity index (χ4n) is 1.48. The van der Waals surface area contributed by atoms with Crippen LogP contribution in [-0.4, -0.2) is 54.2 Å². The van der Waals surface area contributed by atoms with Crippen molar-refractivity contribution in [2.45, 2.75) is 6.92 Å². The van der Waals surface area contributed by atoms with Crippen molar-refractivity contribution in [3.8, 4) is 11.5 Å². The molecule has 0 unspecified atom stereocenters. The second-order valence-electron chi connectivity index (χ2n) is 4.06. The number of carbonyl (C=O) groups excluding carboxylic acids is 1. The molecule has 0 aliphatic heterocycles. The zero-order valence-corrected chi connectivity index (χ0v) is 10.7. The molecular formula is C13H19NO4. The van der Waals surface area contributed by atoms with Gasteiger partial charge in [0.25, 0.3) is 0 Å². The highest BCUT2D eigenvalue weighted by molar-refractivity contribution is 5.98. The van der Waals surface area contributed by atoms with Gasteiger partial charge >= 0.3 is 0 Å². The molecule has 0 radical (unpaired) electrons. The number of hydrogen-bond acceptors (Lipinski definition) is 5. The summed E-state index contributed by atoms with van der Waals surface area (Å²) >= 11 is 0. The van der Waals surface area contributed by atoms with Gasteiger partial charge in [-0.3, -0.25) is 9.69 Å². The number of ketones is 1. The number of phenolic OH excluding ortho intramolecular Hbond substituents is 2. The molecule has 0 aromatic heterocycles. The zero-order valence-electron chi connectivity index (χ0n) is 10.7. The van der Waals surface area contributed by atoms with E-state index in [1.165, 1.54) is 18.2 Å². The molecule has 5 nitrogen and oxygen atoms in total. The van der Waals surface area contributed by atoms with E-state index in [1.54, 1.807) is 0 Å². The Morgan fingerprint density at radius 2 is 2.06 bits per heavy atom. The molecule has 2 N–H and O–H groups in total. The number of Topliss-reactive ketones (excluding diaryl/α,β-unsaturated/α-hetero) is 1. The lowest BCUT2D eigenvalue weighted by Crippen LogP contribution is -2.29. The largest absolute Gasteiger partial charge is 0.504 e. The molecule has 100 valence electrons. The van der Waals surface area contributed by atoms with Gasteiger partial charge in [-0.25, -0.2) is 0 Å². The maximum absolute atomic E-state index is 11.9. The Morgan fingerprint density at radius 1 is 1.33 bits per heavy atom. The quantitative estimate of drug-likeness (QED) is 0.435. The van der Waals surface area contributed by atoms with Gasteiger partial charge in [0.2, 0.25) is 0 Å². The van der Waals surface area contributed by atoms with Gasteiger partial charge in [-0.05, 0) is 32.2 Å². The summed E-state index contributed by atoms with van der Waals surface area (Å²) < 4.78 is 5.20. The van der Waals surface area contributed by atoms with Crippen molar-refractivity contribution in [1.82, 2.24) is 4.90 Å². The van der Waals surface area contributed by atoms with Gasteiger partial charge in [0.1, 0.15) is 0 Å². The number of likely N-dealkylation sites (N-methyl/N-ethyl adjacent to an activating group) is 1. The van der Waals surface area contributed by atoms with Gasteiger partial charge in [0, 0.05) is 18.7 Å². The monoisotopic (exact) mass is 253 g/mol. The van der Waals surface area contributed by atoms with E-state index in [0.717, 1.165) is 0 Å². The average Bonchev–Trinajstić information content (AvgIpc) is 2.33. The Hall–Kier alpha value is -1.59. The molecule has 5 heteroatoms. The molecule has 0 fully saturated rings. The van der Waals surface area contributed by atoms with Crippen LogP contribution in [0.5, 0.6) is 11.5 Å². The molecule has 0 amide bonds. The van der Waals surface area contributed by atoms with Crippen molar-refractivity contribution in [2.24, 2.45) is 0 Å². The molecule has 0 saturated carbocycles. The summed E-state index contributed by atoms with van der Waals surface area (Å²) in [6.07, 6.45) is 0. The summed E-state index contributed by atoms with van der Waals surface area (Å²) in [6.45, 7) is 4.08. The molecule has 0 aliphatic rings. The van der Waals surface area contributed by atoms with Crippen LogP contribution in [0, 0.1) is 0 Å². The minimum atomic E-state index is -0.280. The first kappa shape index (κ1) is 14.5. The third-order valence-electron chi connectivity index (χ3n) is 2.53. The lowest BCUT2D eigenvalue weighted by molar-refractivity contribution is 0.0896. The van der Waals surface area contributed by atoms with Gasteiger partial charge in [-0.2, -0.15) is 0 Å². The summed E-state index contributed by atoms with van der Waals surface area (Å²) in [4.78, 5) is 13.7. The number of hydrogen-bond donors (Lipinski definition) is 2. The van der Waals surface area contributed by atoms with E-state index in [4.69, 9.17) is 9.84 Å². The standard InChI is InChI=1S/C13H19NO4/c1-3-18-7-6-14(2)9-13(17)10-4-5-11(15)12(16)8-10/h4-5,8,15-16H,3,6-7,9H2,1-2H3. The van der Waals surface area contributed by atoms with Crippen LogP contribution in [0.15, 0.2) is 18.2 Å².